The van der Waals surface area contributed by atoms with Crippen LogP contribution in [0.25, 0.3) is 6.08 Å². The average molecular weight is 231 g/mol. The fourth-order valence-electron chi connectivity index (χ4n) is 0.980. The molecule has 0 radical (unpaired) electrons. The van der Waals surface area contributed by atoms with E-state index in [1.165, 1.54) is 25.3 Å². The third-order valence-electron chi connectivity index (χ3n) is 1.67. The van der Waals surface area contributed by atoms with Crippen LogP contribution in [0, 0.1) is 0 Å². The second-order valence-corrected chi connectivity index (χ2v) is 3.10. The molecule has 0 bridgehead atoms. The van der Waals surface area contributed by atoms with Gasteiger partial charge in [-0.15, -0.1) is 0 Å². The van der Waals surface area contributed by atoms with Crippen LogP contribution in [0.3, 0.4) is 0 Å². The molecule has 1 aromatic rings. The zero-order valence-corrected chi connectivity index (χ0v) is 8.58. The molecule has 1 N–H and O–H groups in total. The van der Waals surface area contributed by atoms with Crippen molar-refractivity contribution in [3.63, 3.8) is 0 Å². The Morgan fingerprint density at radius 1 is 1.60 bits per heavy atom. The van der Waals surface area contributed by atoms with Crippen LogP contribution in [-0.2, 0) is 4.79 Å². The van der Waals surface area contributed by atoms with Gasteiger partial charge in [0.05, 0.1) is 12.1 Å². The number of aliphatic carboxylic acids is 1. The van der Waals surface area contributed by atoms with E-state index in [9.17, 15) is 9.18 Å². The van der Waals surface area contributed by atoms with Crippen molar-refractivity contribution in [1.82, 2.24) is 0 Å². The van der Waals surface area contributed by atoms with E-state index in [0.717, 1.165) is 6.08 Å². The van der Waals surface area contributed by atoms with Gasteiger partial charge in [0.1, 0.15) is 5.75 Å². The fraction of sp³-hybridized carbons (Fsp3) is 0.100. The van der Waals surface area contributed by atoms with Crippen LogP contribution in [0.2, 0.25) is 5.02 Å². The molecule has 0 saturated heterocycles. The highest BCUT2D eigenvalue weighted by atomic mass is 35.5. The predicted octanol–water partition coefficient (Wildman–Crippen LogP) is 2.74. The summed E-state index contributed by atoms with van der Waals surface area (Å²) in [5.74, 6) is -2.40. The first-order chi connectivity index (χ1) is 7.04. The number of ether oxygens (including phenoxy) is 1. The Kier molecular flexibility index (Phi) is 3.68. The Hall–Kier alpha value is -1.55. The summed E-state index contributed by atoms with van der Waals surface area (Å²) in [4.78, 5) is 10.2. The van der Waals surface area contributed by atoms with Gasteiger partial charge in [0.15, 0.2) is 0 Å². The van der Waals surface area contributed by atoms with Gasteiger partial charge in [-0.25, -0.2) is 4.79 Å². The Morgan fingerprint density at radius 3 is 2.73 bits per heavy atom. The summed E-state index contributed by atoms with van der Waals surface area (Å²) < 4.78 is 17.6. The lowest BCUT2D eigenvalue weighted by atomic mass is 10.2. The number of methoxy groups -OCH3 is 1. The first-order valence-electron chi connectivity index (χ1n) is 3.98. The van der Waals surface area contributed by atoms with Gasteiger partial charge < -0.3 is 9.84 Å². The van der Waals surface area contributed by atoms with Crippen molar-refractivity contribution in [3.05, 3.63) is 34.6 Å². The van der Waals surface area contributed by atoms with Crippen LogP contribution < -0.4 is 4.74 Å². The number of hydrogen-bond donors (Lipinski definition) is 1. The zero-order chi connectivity index (χ0) is 11.4. The standard InChI is InChI=1S/C10H8ClFO3/c1-15-9-3-2-6(4-7(9)11)5-8(12)10(13)14/h2-5H,1H3,(H,13,14)/b8-5+. The molecular weight excluding hydrogens is 223 g/mol. The predicted molar refractivity (Wildman–Crippen MR) is 54.7 cm³/mol. The third-order valence-corrected chi connectivity index (χ3v) is 1.97. The van der Waals surface area contributed by atoms with E-state index in [1.807, 2.05) is 0 Å². The molecule has 80 valence electrons. The Balaban J connectivity index is 3.03. The van der Waals surface area contributed by atoms with Crippen LogP contribution in [-0.4, -0.2) is 18.2 Å². The van der Waals surface area contributed by atoms with Crippen LogP contribution in [0.15, 0.2) is 24.0 Å². The minimum atomic E-state index is -1.61. The molecule has 0 atom stereocenters. The minimum Gasteiger partial charge on any atom is -0.495 e. The van der Waals surface area contributed by atoms with Gasteiger partial charge >= 0.3 is 5.97 Å². The Morgan fingerprint density at radius 2 is 2.27 bits per heavy atom. The molecule has 1 rings (SSSR count). The van der Waals surface area contributed by atoms with Gasteiger partial charge in [-0.05, 0) is 23.8 Å². The Labute approximate surface area is 90.7 Å². The highest BCUT2D eigenvalue weighted by molar-refractivity contribution is 6.32. The van der Waals surface area contributed by atoms with Crippen molar-refractivity contribution in [1.29, 1.82) is 0 Å². The van der Waals surface area contributed by atoms with Crippen molar-refractivity contribution in [2.75, 3.05) is 7.11 Å². The van der Waals surface area contributed by atoms with Gasteiger partial charge in [-0.2, -0.15) is 4.39 Å². The van der Waals surface area contributed by atoms with Crippen LogP contribution in [0.1, 0.15) is 5.56 Å². The topological polar surface area (TPSA) is 46.5 Å². The molecule has 0 unspecified atom stereocenters. The van der Waals surface area contributed by atoms with Crippen molar-refractivity contribution < 1.29 is 19.0 Å². The van der Waals surface area contributed by atoms with Gasteiger partial charge in [0.25, 0.3) is 0 Å². The maximum atomic E-state index is 12.7. The molecule has 0 heterocycles. The van der Waals surface area contributed by atoms with Gasteiger partial charge in [0, 0.05) is 0 Å². The first kappa shape index (κ1) is 11.5. The van der Waals surface area contributed by atoms with Crippen molar-refractivity contribution in [3.8, 4) is 5.75 Å². The lowest BCUT2D eigenvalue weighted by molar-refractivity contribution is -0.134. The minimum absolute atomic E-state index is 0.296. The lowest BCUT2D eigenvalue weighted by Gasteiger charge is -2.02. The van der Waals surface area contributed by atoms with E-state index < -0.39 is 11.8 Å². The van der Waals surface area contributed by atoms with E-state index >= 15 is 0 Å². The summed E-state index contributed by atoms with van der Waals surface area (Å²) in [6.07, 6.45) is 0.883. The summed E-state index contributed by atoms with van der Waals surface area (Å²) in [5, 5.41) is 8.61. The smallest absolute Gasteiger partial charge is 0.364 e. The maximum absolute atomic E-state index is 12.7. The molecule has 0 aliphatic rings. The second-order valence-electron chi connectivity index (χ2n) is 2.69. The van der Waals surface area contributed by atoms with Crippen molar-refractivity contribution in [2.24, 2.45) is 0 Å². The summed E-state index contributed by atoms with van der Waals surface area (Å²) in [7, 11) is 1.45. The molecule has 0 saturated carbocycles. The summed E-state index contributed by atoms with van der Waals surface area (Å²) >= 11 is 5.77. The first-order valence-corrected chi connectivity index (χ1v) is 4.36. The number of halogens is 2. The number of rotatable bonds is 3. The fourth-order valence-corrected chi connectivity index (χ4v) is 1.25. The summed E-state index contributed by atoms with van der Waals surface area (Å²) in [5.41, 5.74) is 0.362. The molecule has 0 aromatic heterocycles. The van der Waals surface area contributed by atoms with Crippen molar-refractivity contribution >= 4 is 23.6 Å². The van der Waals surface area contributed by atoms with Crippen LogP contribution >= 0.6 is 11.6 Å². The lowest BCUT2D eigenvalue weighted by Crippen LogP contribution is -1.94. The average Bonchev–Trinajstić information content (AvgIpc) is 2.18. The summed E-state index contributed by atoms with van der Waals surface area (Å²) in [6, 6.07) is 4.46. The van der Waals surface area contributed by atoms with Crippen LogP contribution in [0.4, 0.5) is 4.39 Å². The normalized spacial score (nSPS) is 11.3. The molecule has 3 nitrogen and oxygen atoms in total. The highest BCUT2D eigenvalue weighted by Gasteiger charge is 2.06. The molecule has 5 heteroatoms. The van der Waals surface area contributed by atoms with E-state index in [0.29, 0.717) is 16.3 Å². The SMILES string of the molecule is COc1ccc(/C=C(/F)C(=O)O)cc1Cl. The van der Waals surface area contributed by atoms with Crippen LogP contribution in [0.5, 0.6) is 5.75 Å². The number of hydrogen-bond acceptors (Lipinski definition) is 2. The number of carbonyl (C=O) groups is 1. The molecule has 0 aliphatic heterocycles. The molecule has 0 spiro atoms. The van der Waals surface area contributed by atoms with E-state index in [4.69, 9.17) is 21.4 Å². The quantitative estimate of drug-likeness (QED) is 0.813. The van der Waals surface area contributed by atoms with Gasteiger partial charge in [-0.3, -0.25) is 0 Å². The zero-order valence-electron chi connectivity index (χ0n) is 7.83. The number of carboxylic acid groups (broad SMARTS) is 1. The Bertz CT molecular complexity index is 415. The van der Waals surface area contributed by atoms with E-state index in [2.05, 4.69) is 0 Å². The monoisotopic (exact) mass is 230 g/mol. The summed E-state index contributed by atoms with van der Waals surface area (Å²) in [6.45, 7) is 0. The second kappa shape index (κ2) is 4.79. The van der Waals surface area contributed by atoms with E-state index in [-0.39, 0.29) is 0 Å². The van der Waals surface area contributed by atoms with Gasteiger partial charge in [0.2, 0.25) is 5.83 Å². The molecule has 1 aromatic carbocycles. The van der Waals surface area contributed by atoms with Crippen molar-refractivity contribution in [2.45, 2.75) is 0 Å². The number of carboxylic acids is 1. The highest BCUT2D eigenvalue weighted by Crippen LogP contribution is 2.25. The molecule has 15 heavy (non-hydrogen) atoms. The van der Waals surface area contributed by atoms with E-state index in [1.54, 1.807) is 0 Å². The van der Waals surface area contributed by atoms with Gasteiger partial charge in [-0.1, -0.05) is 17.7 Å². The molecule has 0 fully saturated rings. The molecule has 0 aliphatic carbocycles. The number of benzene rings is 1. The molecular formula is C10H8ClFO3. The maximum Gasteiger partial charge on any atom is 0.364 e. The largest absolute Gasteiger partial charge is 0.495 e. The molecule has 0 amide bonds. The third kappa shape index (κ3) is 2.95.